The van der Waals surface area contributed by atoms with Crippen molar-refractivity contribution in [3.05, 3.63) is 106 Å². The molecule has 0 saturated heterocycles. The smallest absolute Gasteiger partial charge is 0.108 e. The third kappa shape index (κ3) is 7.63. The molecular weight excluding hydrogens is 362 g/mol. The molecule has 0 bridgehead atoms. The van der Waals surface area contributed by atoms with Gasteiger partial charge in [0.2, 0.25) is 0 Å². The van der Waals surface area contributed by atoms with Gasteiger partial charge in [-0.25, -0.2) is 0 Å². The Morgan fingerprint density at radius 1 is 1.07 bits per heavy atom. The number of hydrogen-bond donors (Lipinski definition) is 4. The maximum atomic E-state index is 10.6. The van der Waals surface area contributed by atoms with Crippen LogP contribution in [0.25, 0.3) is 0 Å². The van der Waals surface area contributed by atoms with Gasteiger partial charge >= 0.3 is 0 Å². The van der Waals surface area contributed by atoms with Crippen LogP contribution in [0, 0.1) is 4.91 Å². The van der Waals surface area contributed by atoms with Crippen molar-refractivity contribution < 1.29 is 0 Å². The molecule has 0 spiro atoms. The average Bonchev–Trinajstić information content (AvgIpc) is 2.67. The van der Waals surface area contributed by atoms with Crippen LogP contribution in [0.4, 0.5) is 5.69 Å². The van der Waals surface area contributed by atoms with Gasteiger partial charge < -0.3 is 22.5 Å². The molecule has 0 radical (unpaired) electrons. The Hall–Kier alpha value is -3.38. The Balaban J connectivity index is 2.27. The highest BCUT2D eigenvalue weighted by Gasteiger charge is 2.07. The molecule has 6 heteroatoms. The van der Waals surface area contributed by atoms with Gasteiger partial charge in [-0.15, -0.1) is 4.91 Å². The van der Waals surface area contributed by atoms with Gasteiger partial charge in [0.1, 0.15) is 5.69 Å². The Labute approximate surface area is 172 Å². The van der Waals surface area contributed by atoms with Crippen molar-refractivity contribution in [3.8, 4) is 0 Å². The summed E-state index contributed by atoms with van der Waals surface area (Å²) in [5.74, 6) is 0.586. The van der Waals surface area contributed by atoms with Crippen molar-refractivity contribution >= 4 is 5.69 Å². The number of rotatable bonds is 9. The van der Waals surface area contributed by atoms with Crippen LogP contribution in [0.2, 0.25) is 0 Å². The minimum Gasteiger partial charge on any atom is -0.402 e. The van der Waals surface area contributed by atoms with Crippen molar-refractivity contribution in [2.45, 2.75) is 32.4 Å². The van der Waals surface area contributed by atoms with Gasteiger partial charge in [-0.3, -0.25) is 0 Å². The van der Waals surface area contributed by atoms with Crippen LogP contribution in [-0.2, 0) is 6.42 Å². The van der Waals surface area contributed by atoms with E-state index in [9.17, 15) is 4.91 Å². The highest BCUT2D eigenvalue weighted by molar-refractivity contribution is 5.41. The molecule has 2 rings (SSSR count). The van der Waals surface area contributed by atoms with Gasteiger partial charge in [0.25, 0.3) is 0 Å². The standard InChI is InChI=1S/C23H29N5O/c1-16(20-8-10-21(28-29)11-9-20)12-19(14-18-6-4-3-5-7-18)15-23(26)27-22(25)13-17(2)24/h3-13,15-16,22,27H,14,24-26H2,1-2H3/b17-13-,19-12-,23-15+. The lowest BCUT2D eigenvalue weighted by molar-refractivity contribution is 0.685. The monoisotopic (exact) mass is 391 g/mol. The first kappa shape index (κ1) is 21.9. The third-order valence-electron chi connectivity index (χ3n) is 4.36. The Morgan fingerprint density at radius 2 is 1.72 bits per heavy atom. The van der Waals surface area contributed by atoms with Gasteiger partial charge in [-0.05, 0) is 65.4 Å². The molecule has 0 heterocycles. The zero-order chi connectivity index (χ0) is 21.2. The first-order valence-corrected chi connectivity index (χ1v) is 9.48. The number of benzene rings is 2. The molecule has 2 aromatic carbocycles. The molecule has 0 saturated carbocycles. The Kier molecular flexibility index (Phi) is 8.18. The number of nitrogens with two attached hydrogens (primary N) is 3. The summed E-state index contributed by atoms with van der Waals surface area (Å²) in [6, 6.07) is 17.4. The van der Waals surface area contributed by atoms with Crippen LogP contribution in [0.15, 0.2) is 95.1 Å². The fraction of sp³-hybridized carbons (Fsp3) is 0.217. The largest absolute Gasteiger partial charge is 0.402 e. The lowest BCUT2D eigenvalue weighted by Gasteiger charge is -2.14. The lowest BCUT2D eigenvalue weighted by atomic mass is 9.95. The fourth-order valence-corrected chi connectivity index (χ4v) is 3.00. The van der Waals surface area contributed by atoms with E-state index in [1.807, 2.05) is 36.4 Å². The van der Waals surface area contributed by atoms with E-state index in [4.69, 9.17) is 17.2 Å². The van der Waals surface area contributed by atoms with Crippen molar-refractivity contribution in [2.75, 3.05) is 0 Å². The number of nitrogens with one attached hydrogen (secondary N) is 1. The fourth-order valence-electron chi connectivity index (χ4n) is 3.00. The Morgan fingerprint density at radius 3 is 2.31 bits per heavy atom. The molecule has 2 aromatic rings. The molecule has 0 amide bonds. The zero-order valence-electron chi connectivity index (χ0n) is 16.9. The quantitative estimate of drug-likeness (QED) is 0.294. The van der Waals surface area contributed by atoms with Crippen molar-refractivity contribution in [1.29, 1.82) is 0 Å². The minimum absolute atomic E-state index is 0.123. The van der Waals surface area contributed by atoms with Gasteiger partial charge in [-0.1, -0.05) is 55.5 Å². The molecule has 0 fully saturated rings. The molecule has 29 heavy (non-hydrogen) atoms. The third-order valence-corrected chi connectivity index (χ3v) is 4.36. The Bertz CT molecular complexity index is 881. The first-order chi connectivity index (χ1) is 13.9. The minimum atomic E-state index is -0.463. The number of nitroso groups, excluding NO2 is 1. The number of hydrogen-bond acceptors (Lipinski definition) is 6. The molecule has 0 aromatic heterocycles. The van der Waals surface area contributed by atoms with E-state index in [1.54, 1.807) is 25.1 Å². The number of allylic oxidation sites excluding steroid dienone is 4. The molecule has 7 N–H and O–H groups in total. The molecule has 2 unspecified atom stereocenters. The van der Waals surface area contributed by atoms with Crippen LogP contribution in [0.3, 0.4) is 0 Å². The summed E-state index contributed by atoms with van der Waals surface area (Å²) >= 11 is 0. The van der Waals surface area contributed by atoms with E-state index in [2.05, 4.69) is 35.6 Å². The molecule has 6 nitrogen and oxygen atoms in total. The van der Waals surface area contributed by atoms with E-state index >= 15 is 0 Å². The predicted octanol–water partition coefficient (Wildman–Crippen LogP) is 3.89. The summed E-state index contributed by atoms with van der Waals surface area (Å²) in [4.78, 5) is 10.6. The van der Waals surface area contributed by atoms with Crippen LogP contribution in [0.1, 0.15) is 30.9 Å². The van der Waals surface area contributed by atoms with E-state index in [0.29, 0.717) is 17.2 Å². The van der Waals surface area contributed by atoms with E-state index < -0.39 is 6.17 Å². The van der Waals surface area contributed by atoms with Gasteiger partial charge in [0.15, 0.2) is 0 Å². The predicted molar refractivity (Wildman–Crippen MR) is 120 cm³/mol. The summed E-state index contributed by atoms with van der Waals surface area (Å²) < 4.78 is 0. The molecule has 2 atom stereocenters. The molecular formula is C23H29N5O. The topological polar surface area (TPSA) is 120 Å². The average molecular weight is 392 g/mol. The summed E-state index contributed by atoms with van der Waals surface area (Å²) in [6.45, 7) is 3.87. The summed E-state index contributed by atoms with van der Waals surface area (Å²) in [6.07, 6.45) is 6.01. The van der Waals surface area contributed by atoms with Crippen molar-refractivity contribution in [2.24, 2.45) is 22.4 Å². The normalized spacial score (nSPS) is 14.9. The maximum absolute atomic E-state index is 10.6. The van der Waals surface area contributed by atoms with E-state index in [1.165, 1.54) is 5.56 Å². The van der Waals surface area contributed by atoms with Gasteiger partial charge in [0.05, 0.1) is 12.0 Å². The molecule has 0 aliphatic rings. The first-order valence-electron chi connectivity index (χ1n) is 9.48. The highest BCUT2D eigenvalue weighted by atomic mass is 16.3. The summed E-state index contributed by atoms with van der Waals surface area (Å²) in [5.41, 5.74) is 22.2. The van der Waals surface area contributed by atoms with Crippen molar-refractivity contribution in [3.63, 3.8) is 0 Å². The van der Waals surface area contributed by atoms with Crippen LogP contribution >= 0.6 is 0 Å². The lowest BCUT2D eigenvalue weighted by Crippen LogP contribution is -2.38. The SMILES string of the molecule is C/C(N)=C/C(N)N/C(N)=C/C(=C\C(C)c1ccc(N=O)cc1)Cc1ccccc1. The van der Waals surface area contributed by atoms with Crippen LogP contribution in [-0.4, -0.2) is 6.17 Å². The molecule has 0 aliphatic carbocycles. The van der Waals surface area contributed by atoms with Crippen molar-refractivity contribution in [1.82, 2.24) is 5.32 Å². The zero-order valence-corrected chi connectivity index (χ0v) is 16.9. The summed E-state index contributed by atoms with van der Waals surface area (Å²) in [7, 11) is 0. The second kappa shape index (κ2) is 10.8. The van der Waals surface area contributed by atoms with Gasteiger partial charge in [-0.2, -0.15) is 0 Å². The van der Waals surface area contributed by atoms with Crippen LogP contribution < -0.4 is 22.5 Å². The highest BCUT2D eigenvalue weighted by Crippen LogP contribution is 2.23. The molecule has 152 valence electrons. The summed E-state index contributed by atoms with van der Waals surface area (Å²) in [5, 5.41) is 5.98. The van der Waals surface area contributed by atoms with E-state index in [-0.39, 0.29) is 5.92 Å². The van der Waals surface area contributed by atoms with E-state index in [0.717, 1.165) is 17.6 Å². The second-order valence-electron chi connectivity index (χ2n) is 7.06. The maximum Gasteiger partial charge on any atom is 0.108 e. The van der Waals surface area contributed by atoms with Crippen LogP contribution in [0.5, 0.6) is 0 Å². The molecule has 0 aliphatic heterocycles. The second-order valence-corrected chi connectivity index (χ2v) is 7.06. The number of nitrogens with zero attached hydrogens (tertiary/aromatic N) is 1. The van der Waals surface area contributed by atoms with Gasteiger partial charge in [0, 0.05) is 5.70 Å².